The minimum absolute atomic E-state index is 0.937. The molecule has 5 aromatic carbocycles. The van der Waals surface area contributed by atoms with Gasteiger partial charge in [-0.15, -0.1) is 0 Å². The molecule has 2 heteroatoms. The van der Waals surface area contributed by atoms with Gasteiger partial charge in [0.05, 0.1) is 16.4 Å². The van der Waals surface area contributed by atoms with Crippen molar-refractivity contribution >= 4 is 43.7 Å². The molecule has 0 unspecified atom stereocenters. The van der Waals surface area contributed by atoms with Crippen molar-refractivity contribution in [1.82, 2.24) is 4.57 Å². The van der Waals surface area contributed by atoms with E-state index in [2.05, 4.69) is 102 Å². The molecule has 0 bridgehead atoms. The second-order valence-electron chi connectivity index (χ2n) is 8.94. The lowest BCUT2D eigenvalue weighted by molar-refractivity contribution is 0.673. The van der Waals surface area contributed by atoms with Crippen molar-refractivity contribution in [3.63, 3.8) is 0 Å². The summed E-state index contributed by atoms with van der Waals surface area (Å²) in [6.45, 7) is 0. The summed E-state index contributed by atoms with van der Waals surface area (Å²) in [6, 6.07) is 37.0. The Balaban J connectivity index is 1.64. The number of fused-ring (bicyclic) bond motifs is 11. The minimum Gasteiger partial charge on any atom is -0.455 e. The number of rotatable bonds is 1. The maximum Gasteiger partial charge on any atom is 0.145 e. The van der Waals surface area contributed by atoms with Gasteiger partial charge in [-0.1, -0.05) is 72.8 Å². The van der Waals surface area contributed by atoms with E-state index in [0.29, 0.717) is 0 Å². The Morgan fingerprint density at radius 2 is 1.39 bits per heavy atom. The highest BCUT2D eigenvalue weighted by molar-refractivity contribution is 6.25. The molecular formula is C31H19NO. The SMILES string of the molecule is c1ccc(-n2c3ccc4c5ccccc5oc4c3c3ccc4c(c32)-c2ccccc2C4)cc1. The van der Waals surface area contributed by atoms with Crippen LogP contribution in [0.5, 0.6) is 0 Å². The van der Waals surface area contributed by atoms with E-state index in [1.165, 1.54) is 60.5 Å². The van der Waals surface area contributed by atoms with E-state index in [4.69, 9.17) is 4.42 Å². The Bertz CT molecular complexity index is 1890. The number of furan rings is 1. The molecule has 1 aliphatic carbocycles. The third-order valence-corrected chi connectivity index (χ3v) is 7.21. The predicted molar refractivity (Wildman–Crippen MR) is 136 cm³/mol. The topological polar surface area (TPSA) is 18.1 Å². The molecule has 8 rings (SSSR count). The zero-order valence-electron chi connectivity index (χ0n) is 17.9. The van der Waals surface area contributed by atoms with E-state index < -0.39 is 0 Å². The van der Waals surface area contributed by atoms with Crippen LogP contribution in [-0.2, 0) is 6.42 Å². The first-order chi connectivity index (χ1) is 16.4. The largest absolute Gasteiger partial charge is 0.455 e. The summed E-state index contributed by atoms with van der Waals surface area (Å²) in [5.74, 6) is 0. The molecule has 0 amide bonds. The number of benzene rings is 5. The molecule has 2 heterocycles. The van der Waals surface area contributed by atoms with Crippen molar-refractivity contribution in [3.05, 3.63) is 114 Å². The van der Waals surface area contributed by atoms with Gasteiger partial charge in [-0.25, -0.2) is 0 Å². The Morgan fingerprint density at radius 1 is 0.606 bits per heavy atom. The normalized spacial score (nSPS) is 12.7. The highest BCUT2D eigenvalue weighted by atomic mass is 16.3. The molecule has 1 aliphatic rings. The Kier molecular flexibility index (Phi) is 3.22. The maximum atomic E-state index is 6.50. The van der Waals surface area contributed by atoms with Gasteiger partial charge in [0.25, 0.3) is 0 Å². The van der Waals surface area contributed by atoms with Gasteiger partial charge in [0.15, 0.2) is 0 Å². The number of hydrogen-bond acceptors (Lipinski definition) is 1. The second-order valence-corrected chi connectivity index (χ2v) is 8.94. The molecule has 0 spiro atoms. The Hall–Kier alpha value is -4.30. The van der Waals surface area contributed by atoms with Crippen molar-refractivity contribution in [1.29, 1.82) is 0 Å². The van der Waals surface area contributed by atoms with Crippen molar-refractivity contribution in [2.24, 2.45) is 0 Å². The third-order valence-electron chi connectivity index (χ3n) is 7.21. The highest BCUT2D eigenvalue weighted by Gasteiger charge is 2.26. The third kappa shape index (κ3) is 2.18. The van der Waals surface area contributed by atoms with Crippen LogP contribution in [-0.4, -0.2) is 4.57 Å². The standard InChI is InChI=1S/C31H19NO/c1-2-9-21(10-3-1)32-26-17-16-24-23-12-6-7-13-27(23)33-31(24)29(26)25-15-14-20-18-19-8-4-5-11-22(19)28(20)30(25)32/h1-17H,18H2. The van der Waals surface area contributed by atoms with E-state index in [0.717, 1.165) is 17.6 Å². The number of hydrogen-bond donors (Lipinski definition) is 0. The van der Waals surface area contributed by atoms with Crippen LogP contribution in [0, 0.1) is 0 Å². The van der Waals surface area contributed by atoms with Gasteiger partial charge < -0.3 is 8.98 Å². The summed E-state index contributed by atoms with van der Waals surface area (Å²) in [6.07, 6.45) is 0.984. The van der Waals surface area contributed by atoms with Gasteiger partial charge in [-0.05, 0) is 53.4 Å². The summed E-state index contributed by atoms with van der Waals surface area (Å²) in [4.78, 5) is 0. The monoisotopic (exact) mass is 421 g/mol. The summed E-state index contributed by atoms with van der Waals surface area (Å²) in [5.41, 5.74) is 11.0. The average molecular weight is 421 g/mol. The summed E-state index contributed by atoms with van der Waals surface area (Å²) < 4.78 is 8.93. The molecular weight excluding hydrogens is 402 g/mol. The number of aromatic nitrogens is 1. The fourth-order valence-electron chi connectivity index (χ4n) is 5.83. The fourth-order valence-corrected chi connectivity index (χ4v) is 5.83. The zero-order chi connectivity index (χ0) is 21.5. The van der Waals surface area contributed by atoms with Crippen LogP contribution in [0.15, 0.2) is 108 Å². The lowest BCUT2D eigenvalue weighted by atomic mass is 10.0. The molecule has 2 aromatic heterocycles. The van der Waals surface area contributed by atoms with Gasteiger partial charge >= 0.3 is 0 Å². The molecule has 0 aliphatic heterocycles. The molecule has 7 aromatic rings. The minimum atomic E-state index is 0.937. The van der Waals surface area contributed by atoms with Crippen molar-refractivity contribution in [2.45, 2.75) is 6.42 Å². The van der Waals surface area contributed by atoms with Crippen LogP contribution < -0.4 is 0 Å². The smallest absolute Gasteiger partial charge is 0.145 e. The van der Waals surface area contributed by atoms with E-state index in [-0.39, 0.29) is 0 Å². The van der Waals surface area contributed by atoms with Crippen molar-refractivity contribution in [2.75, 3.05) is 0 Å². The Morgan fingerprint density at radius 3 is 2.33 bits per heavy atom. The summed E-state index contributed by atoms with van der Waals surface area (Å²) in [7, 11) is 0. The lowest BCUT2D eigenvalue weighted by Gasteiger charge is -2.11. The second kappa shape index (κ2) is 6.14. The van der Waals surface area contributed by atoms with Crippen LogP contribution in [0.25, 0.3) is 60.6 Å². The number of nitrogens with zero attached hydrogens (tertiary/aromatic N) is 1. The lowest BCUT2D eigenvalue weighted by Crippen LogP contribution is -1.95. The molecule has 0 N–H and O–H groups in total. The molecule has 0 saturated carbocycles. The molecule has 0 radical (unpaired) electrons. The van der Waals surface area contributed by atoms with Gasteiger partial charge in [0.2, 0.25) is 0 Å². The highest BCUT2D eigenvalue weighted by Crippen LogP contribution is 2.47. The molecule has 33 heavy (non-hydrogen) atoms. The van der Waals surface area contributed by atoms with Crippen molar-refractivity contribution in [3.8, 4) is 16.8 Å². The number of para-hydroxylation sites is 2. The van der Waals surface area contributed by atoms with Gasteiger partial charge in [0, 0.05) is 27.4 Å². The Labute approximate surface area is 190 Å². The van der Waals surface area contributed by atoms with E-state index in [1.54, 1.807) is 0 Å². The van der Waals surface area contributed by atoms with Crippen LogP contribution >= 0.6 is 0 Å². The van der Waals surface area contributed by atoms with Crippen molar-refractivity contribution < 1.29 is 4.42 Å². The molecule has 0 fully saturated rings. The van der Waals surface area contributed by atoms with E-state index in [9.17, 15) is 0 Å². The molecule has 154 valence electrons. The molecule has 0 saturated heterocycles. The first kappa shape index (κ1) is 17.3. The summed E-state index contributed by atoms with van der Waals surface area (Å²) in [5, 5.41) is 4.77. The maximum absolute atomic E-state index is 6.50. The van der Waals surface area contributed by atoms with Gasteiger partial charge in [-0.3, -0.25) is 0 Å². The van der Waals surface area contributed by atoms with E-state index >= 15 is 0 Å². The quantitative estimate of drug-likeness (QED) is 0.261. The average Bonchev–Trinajstić information content (AvgIpc) is 3.53. The first-order valence-corrected chi connectivity index (χ1v) is 11.4. The molecule has 0 atom stereocenters. The van der Waals surface area contributed by atoms with Crippen LogP contribution in [0.4, 0.5) is 0 Å². The predicted octanol–water partition coefficient (Wildman–Crippen LogP) is 8.25. The molecule has 2 nitrogen and oxygen atoms in total. The van der Waals surface area contributed by atoms with Crippen LogP contribution in [0.2, 0.25) is 0 Å². The van der Waals surface area contributed by atoms with Crippen LogP contribution in [0.1, 0.15) is 11.1 Å². The zero-order valence-corrected chi connectivity index (χ0v) is 17.9. The van der Waals surface area contributed by atoms with Crippen LogP contribution in [0.3, 0.4) is 0 Å². The van der Waals surface area contributed by atoms with Gasteiger partial charge in [-0.2, -0.15) is 0 Å². The fraction of sp³-hybridized carbons (Fsp3) is 0.0323. The summed E-state index contributed by atoms with van der Waals surface area (Å²) >= 11 is 0. The van der Waals surface area contributed by atoms with E-state index in [1.807, 2.05) is 6.07 Å². The van der Waals surface area contributed by atoms with Gasteiger partial charge in [0.1, 0.15) is 11.2 Å². The first-order valence-electron chi connectivity index (χ1n) is 11.4.